The Morgan fingerprint density at radius 1 is 1.25 bits per heavy atom. The molecule has 0 aliphatic heterocycles. The van der Waals surface area contributed by atoms with Crippen LogP contribution >= 0.6 is 11.3 Å². The van der Waals surface area contributed by atoms with E-state index in [1.807, 2.05) is 43.1 Å². The standard InChI is InChI=1S/C18H23F3N4O2S/c1-4-22-17(23-11-16-24-15(12-28-16)18(19,20)21)25(2)9-10-27-14-7-5-13(26-3)6-8-14/h5-8,12H,4,9-11H2,1-3H3,(H,22,23). The van der Waals surface area contributed by atoms with Gasteiger partial charge >= 0.3 is 6.18 Å². The first-order valence-electron chi connectivity index (χ1n) is 8.61. The van der Waals surface area contributed by atoms with Crippen molar-refractivity contribution >= 4 is 17.3 Å². The van der Waals surface area contributed by atoms with Crippen LogP contribution in [0, 0.1) is 0 Å². The second-order valence-electron chi connectivity index (χ2n) is 5.74. The van der Waals surface area contributed by atoms with E-state index in [1.54, 1.807) is 7.11 Å². The van der Waals surface area contributed by atoms with Crippen LogP contribution in [0.2, 0.25) is 0 Å². The van der Waals surface area contributed by atoms with Crippen LogP contribution in [-0.4, -0.2) is 49.7 Å². The number of nitrogens with zero attached hydrogens (tertiary/aromatic N) is 3. The second kappa shape index (κ2) is 10.2. The number of guanidine groups is 1. The van der Waals surface area contributed by atoms with E-state index >= 15 is 0 Å². The van der Waals surface area contributed by atoms with Gasteiger partial charge in [-0.2, -0.15) is 13.2 Å². The largest absolute Gasteiger partial charge is 0.497 e. The number of thiazole rings is 1. The van der Waals surface area contributed by atoms with E-state index in [0.717, 1.165) is 28.2 Å². The third-order valence-corrected chi connectivity index (χ3v) is 4.49. The van der Waals surface area contributed by atoms with Gasteiger partial charge in [-0.1, -0.05) is 0 Å². The highest BCUT2D eigenvalue weighted by molar-refractivity contribution is 7.09. The lowest BCUT2D eigenvalue weighted by atomic mass is 10.3. The topological polar surface area (TPSA) is 59.0 Å². The fourth-order valence-corrected chi connectivity index (χ4v) is 2.93. The predicted molar refractivity (Wildman–Crippen MR) is 103 cm³/mol. The van der Waals surface area contributed by atoms with Gasteiger partial charge in [0.05, 0.1) is 20.2 Å². The third kappa shape index (κ3) is 6.59. The molecule has 1 aromatic heterocycles. The summed E-state index contributed by atoms with van der Waals surface area (Å²) in [5.74, 6) is 2.05. The molecule has 0 fully saturated rings. The van der Waals surface area contributed by atoms with Crippen molar-refractivity contribution in [3.05, 3.63) is 40.3 Å². The van der Waals surface area contributed by atoms with E-state index in [2.05, 4.69) is 15.3 Å². The lowest BCUT2D eigenvalue weighted by Gasteiger charge is -2.22. The smallest absolute Gasteiger partial charge is 0.434 e. The van der Waals surface area contributed by atoms with Gasteiger partial charge in [-0.05, 0) is 31.2 Å². The van der Waals surface area contributed by atoms with Gasteiger partial charge in [0.2, 0.25) is 0 Å². The number of aliphatic imine (C=N–C) groups is 1. The Balaban J connectivity index is 1.90. The van der Waals surface area contributed by atoms with Gasteiger partial charge in [0.25, 0.3) is 0 Å². The molecule has 0 bridgehead atoms. The number of likely N-dealkylation sites (N-methyl/N-ethyl adjacent to an activating group) is 1. The maximum absolute atomic E-state index is 12.6. The molecule has 0 saturated heterocycles. The van der Waals surface area contributed by atoms with Crippen molar-refractivity contribution in [3.8, 4) is 11.5 Å². The number of ether oxygens (including phenoxy) is 2. The number of rotatable bonds is 8. The van der Waals surface area contributed by atoms with Gasteiger partial charge in [0.15, 0.2) is 11.7 Å². The zero-order chi connectivity index (χ0) is 20.6. The van der Waals surface area contributed by atoms with Crippen molar-refractivity contribution in [3.63, 3.8) is 0 Å². The maximum Gasteiger partial charge on any atom is 0.434 e. The van der Waals surface area contributed by atoms with Gasteiger partial charge < -0.3 is 19.7 Å². The van der Waals surface area contributed by atoms with Gasteiger partial charge in [-0.25, -0.2) is 9.98 Å². The Kier molecular flexibility index (Phi) is 7.91. The molecule has 6 nitrogen and oxygen atoms in total. The predicted octanol–water partition coefficient (Wildman–Crippen LogP) is 3.65. The first-order chi connectivity index (χ1) is 13.3. The number of alkyl halides is 3. The van der Waals surface area contributed by atoms with Crippen LogP contribution in [0.15, 0.2) is 34.6 Å². The SMILES string of the molecule is CCNC(=NCc1nc(C(F)(F)F)cs1)N(C)CCOc1ccc(OC)cc1. The number of halogens is 3. The number of aromatic nitrogens is 1. The van der Waals surface area contributed by atoms with Crippen molar-refractivity contribution < 1.29 is 22.6 Å². The van der Waals surface area contributed by atoms with Crippen molar-refractivity contribution in [2.24, 2.45) is 4.99 Å². The number of benzene rings is 1. The minimum Gasteiger partial charge on any atom is -0.497 e. The molecule has 0 unspecified atom stereocenters. The summed E-state index contributed by atoms with van der Waals surface area (Å²) in [5.41, 5.74) is -0.881. The summed E-state index contributed by atoms with van der Waals surface area (Å²) >= 11 is 0.947. The monoisotopic (exact) mass is 416 g/mol. The molecule has 2 aromatic rings. The van der Waals surface area contributed by atoms with Crippen molar-refractivity contribution in [2.75, 3.05) is 33.9 Å². The third-order valence-electron chi connectivity index (χ3n) is 3.66. The highest BCUT2D eigenvalue weighted by Crippen LogP contribution is 2.30. The summed E-state index contributed by atoms with van der Waals surface area (Å²) in [5, 5.41) is 4.43. The normalized spacial score (nSPS) is 12.0. The molecule has 0 aliphatic carbocycles. The fourth-order valence-electron chi connectivity index (χ4n) is 2.20. The summed E-state index contributed by atoms with van der Waals surface area (Å²) in [6.07, 6.45) is -4.43. The van der Waals surface area contributed by atoms with E-state index in [4.69, 9.17) is 9.47 Å². The zero-order valence-corrected chi connectivity index (χ0v) is 16.7. The summed E-state index contributed by atoms with van der Waals surface area (Å²) in [7, 11) is 3.43. The molecular formula is C18H23F3N4O2S. The average Bonchev–Trinajstić information content (AvgIpc) is 3.15. The Hall–Kier alpha value is -2.49. The first kappa shape index (κ1) is 21.8. The quantitative estimate of drug-likeness (QED) is 0.526. The Labute approximate surface area is 166 Å². The fraction of sp³-hybridized carbons (Fsp3) is 0.444. The number of methoxy groups -OCH3 is 1. The average molecular weight is 416 g/mol. The van der Waals surface area contributed by atoms with Gasteiger partial charge in [0, 0.05) is 19.0 Å². The Bertz CT molecular complexity index is 763. The molecule has 0 spiro atoms. The number of nitrogens with one attached hydrogen (secondary N) is 1. The minimum absolute atomic E-state index is 0.0761. The number of hydrogen-bond acceptors (Lipinski definition) is 5. The van der Waals surface area contributed by atoms with E-state index in [0.29, 0.717) is 30.7 Å². The van der Waals surface area contributed by atoms with E-state index in [-0.39, 0.29) is 6.54 Å². The van der Waals surface area contributed by atoms with Gasteiger partial charge in [0.1, 0.15) is 23.1 Å². The molecule has 1 N–H and O–H groups in total. The summed E-state index contributed by atoms with van der Waals surface area (Å²) in [4.78, 5) is 9.81. The summed E-state index contributed by atoms with van der Waals surface area (Å²) in [6, 6.07) is 7.26. The molecule has 0 radical (unpaired) electrons. The molecule has 0 aliphatic rings. The van der Waals surface area contributed by atoms with Crippen LogP contribution in [0.4, 0.5) is 13.2 Å². The Morgan fingerprint density at radius 2 is 1.93 bits per heavy atom. The van der Waals surface area contributed by atoms with E-state index < -0.39 is 11.9 Å². The molecule has 0 saturated carbocycles. The molecule has 154 valence electrons. The van der Waals surface area contributed by atoms with Crippen LogP contribution < -0.4 is 14.8 Å². The van der Waals surface area contributed by atoms with Crippen LogP contribution in [0.25, 0.3) is 0 Å². The van der Waals surface area contributed by atoms with Crippen LogP contribution in [0.3, 0.4) is 0 Å². The van der Waals surface area contributed by atoms with Crippen molar-refractivity contribution in [2.45, 2.75) is 19.6 Å². The van der Waals surface area contributed by atoms with Gasteiger partial charge in [-0.3, -0.25) is 0 Å². The maximum atomic E-state index is 12.6. The molecule has 10 heteroatoms. The molecule has 28 heavy (non-hydrogen) atoms. The van der Waals surface area contributed by atoms with Crippen molar-refractivity contribution in [1.82, 2.24) is 15.2 Å². The minimum atomic E-state index is -4.43. The second-order valence-corrected chi connectivity index (χ2v) is 6.68. The van der Waals surface area contributed by atoms with Crippen LogP contribution in [-0.2, 0) is 12.7 Å². The van der Waals surface area contributed by atoms with Crippen LogP contribution in [0.5, 0.6) is 11.5 Å². The molecule has 1 aromatic carbocycles. The van der Waals surface area contributed by atoms with Crippen LogP contribution in [0.1, 0.15) is 17.6 Å². The van der Waals surface area contributed by atoms with E-state index in [9.17, 15) is 13.2 Å². The summed E-state index contributed by atoms with van der Waals surface area (Å²) in [6.45, 7) is 3.59. The lowest BCUT2D eigenvalue weighted by molar-refractivity contribution is -0.140. The zero-order valence-electron chi connectivity index (χ0n) is 15.9. The number of hydrogen-bond donors (Lipinski definition) is 1. The van der Waals surface area contributed by atoms with E-state index in [1.165, 1.54) is 0 Å². The highest BCUT2D eigenvalue weighted by Gasteiger charge is 2.33. The summed E-state index contributed by atoms with van der Waals surface area (Å²) < 4.78 is 48.7. The molecule has 2 rings (SSSR count). The molecular weight excluding hydrogens is 393 g/mol. The van der Waals surface area contributed by atoms with Crippen molar-refractivity contribution in [1.29, 1.82) is 0 Å². The lowest BCUT2D eigenvalue weighted by Crippen LogP contribution is -2.40. The molecule has 0 amide bonds. The Morgan fingerprint density at radius 3 is 2.50 bits per heavy atom. The highest BCUT2D eigenvalue weighted by atomic mass is 32.1. The molecule has 0 atom stereocenters. The van der Waals surface area contributed by atoms with Gasteiger partial charge in [-0.15, -0.1) is 11.3 Å². The molecule has 1 heterocycles. The first-order valence-corrected chi connectivity index (χ1v) is 9.49.